The first-order chi connectivity index (χ1) is 8.75. The zero-order chi connectivity index (χ0) is 12.8. The van der Waals surface area contributed by atoms with Crippen molar-refractivity contribution in [2.24, 2.45) is 10.9 Å². The molecule has 1 heterocycles. The van der Waals surface area contributed by atoms with Gasteiger partial charge in [-0.05, 0) is 49.5 Å². The molecule has 1 saturated heterocycles. The van der Waals surface area contributed by atoms with Gasteiger partial charge in [-0.2, -0.15) is 0 Å². The molecular formula is C13H17N3O2. The number of piperidine rings is 1. The highest BCUT2D eigenvalue weighted by Gasteiger charge is 2.11. The van der Waals surface area contributed by atoms with Crippen LogP contribution >= 0.6 is 0 Å². The standard InChI is InChI=1S/C13H17N3O2/c17-16(18)13-3-1-11(2-4-13)9-15-10-12-5-7-14-8-6-12/h1-4,9,12,14H,5-8,10H2. The largest absolute Gasteiger partial charge is 0.317 e. The second kappa shape index (κ2) is 6.26. The Morgan fingerprint density at radius 2 is 2.00 bits per heavy atom. The maximum absolute atomic E-state index is 10.5. The van der Waals surface area contributed by atoms with Crippen LogP contribution < -0.4 is 5.32 Å². The summed E-state index contributed by atoms with van der Waals surface area (Å²) in [4.78, 5) is 14.5. The van der Waals surface area contributed by atoms with Gasteiger partial charge < -0.3 is 5.32 Å². The lowest BCUT2D eigenvalue weighted by atomic mass is 9.98. The van der Waals surface area contributed by atoms with Gasteiger partial charge in [0.25, 0.3) is 5.69 Å². The van der Waals surface area contributed by atoms with E-state index in [9.17, 15) is 10.1 Å². The molecule has 0 spiro atoms. The van der Waals surface area contributed by atoms with Gasteiger partial charge in [-0.25, -0.2) is 0 Å². The molecule has 5 heteroatoms. The highest BCUT2D eigenvalue weighted by Crippen LogP contribution is 2.13. The van der Waals surface area contributed by atoms with Crippen molar-refractivity contribution in [3.05, 3.63) is 39.9 Å². The Hall–Kier alpha value is -1.75. The molecule has 0 aliphatic carbocycles. The number of benzene rings is 1. The fourth-order valence-corrected chi connectivity index (χ4v) is 2.05. The third kappa shape index (κ3) is 3.63. The molecule has 1 N–H and O–H groups in total. The van der Waals surface area contributed by atoms with E-state index in [0.29, 0.717) is 5.92 Å². The van der Waals surface area contributed by atoms with Crippen LogP contribution in [0.3, 0.4) is 0 Å². The number of nitro benzene ring substituents is 1. The molecule has 0 unspecified atom stereocenters. The van der Waals surface area contributed by atoms with Crippen LogP contribution in [-0.4, -0.2) is 30.8 Å². The molecule has 2 rings (SSSR count). The second-order valence-corrected chi connectivity index (χ2v) is 4.54. The first kappa shape index (κ1) is 12.7. The molecule has 1 fully saturated rings. The first-order valence-electron chi connectivity index (χ1n) is 6.21. The van der Waals surface area contributed by atoms with Gasteiger partial charge in [-0.1, -0.05) is 0 Å². The Morgan fingerprint density at radius 3 is 2.61 bits per heavy atom. The zero-order valence-corrected chi connectivity index (χ0v) is 10.2. The SMILES string of the molecule is O=[N+]([O-])c1ccc(C=NCC2CCNCC2)cc1. The number of non-ortho nitro benzene ring substituents is 1. The lowest BCUT2D eigenvalue weighted by Crippen LogP contribution is -2.28. The number of nitrogens with one attached hydrogen (secondary N) is 1. The van der Waals surface area contributed by atoms with Crippen LogP contribution in [-0.2, 0) is 0 Å². The lowest BCUT2D eigenvalue weighted by molar-refractivity contribution is -0.384. The van der Waals surface area contributed by atoms with Crippen LogP contribution in [0, 0.1) is 16.0 Å². The molecule has 1 aromatic carbocycles. The molecule has 0 amide bonds. The lowest BCUT2D eigenvalue weighted by Gasteiger charge is -2.20. The van der Waals surface area contributed by atoms with Crippen LogP contribution in [0.5, 0.6) is 0 Å². The normalized spacial score (nSPS) is 17.1. The van der Waals surface area contributed by atoms with E-state index >= 15 is 0 Å². The summed E-state index contributed by atoms with van der Waals surface area (Å²) in [6.07, 6.45) is 4.15. The number of hydrogen-bond acceptors (Lipinski definition) is 4. The van der Waals surface area contributed by atoms with Crippen LogP contribution in [0.4, 0.5) is 5.69 Å². The van der Waals surface area contributed by atoms with E-state index in [4.69, 9.17) is 0 Å². The predicted octanol–water partition coefficient (Wildman–Crippen LogP) is 2.01. The van der Waals surface area contributed by atoms with Gasteiger partial charge in [0.1, 0.15) is 0 Å². The van der Waals surface area contributed by atoms with Crippen molar-refractivity contribution in [1.29, 1.82) is 0 Å². The van der Waals surface area contributed by atoms with E-state index in [2.05, 4.69) is 10.3 Å². The van der Waals surface area contributed by atoms with Crippen molar-refractivity contribution >= 4 is 11.9 Å². The molecule has 1 aliphatic heterocycles. The minimum absolute atomic E-state index is 0.116. The number of rotatable bonds is 4. The van der Waals surface area contributed by atoms with Crippen molar-refractivity contribution < 1.29 is 4.92 Å². The zero-order valence-electron chi connectivity index (χ0n) is 10.2. The maximum Gasteiger partial charge on any atom is 0.269 e. The molecule has 0 aromatic heterocycles. The molecule has 1 aromatic rings. The third-order valence-electron chi connectivity index (χ3n) is 3.17. The topological polar surface area (TPSA) is 67.5 Å². The number of nitro groups is 1. The summed E-state index contributed by atoms with van der Waals surface area (Å²) in [6.45, 7) is 3.01. The van der Waals surface area contributed by atoms with Gasteiger partial charge in [-0.3, -0.25) is 15.1 Å². The molecule has 96 valence electrons. The molecule has 1 aliphatic rings. The third-order valence-corrected chi connectivity index (χ3v) is 3.17. The summed E-state index contributed by atoms with van der Waals surface area (Å²) >= 11 is 0. The summed E-state index contributed by atoms with van der Waals surface area (Å²) in [5, 5.41) is 13.8. The van der Waals surface area contributed by atoms with Crippen molar-refractivity contribution in [1.82, 2.24) is 5.32 Å². The van der Waals surface area contributed by atoms with E-state index in [0.717, 1.165) is 25.2 Å². The number of aliphatic imine (C=N–C) groups is 1. The quantitative estimate of drug-likeness (QED) is 0.503. The van der Waals surface area contributed by atoms with Crippen LogP contribution in [0.1, 0.15) is 18.4 Å². The summed E-state index contributed by atoms with van der Waals surface area (Å²) in [6, 6.07) is 6.46. The second-order valence-electron chi connectivity index (χ2n) is 4.54. The van der Waals surface area contributed by atoms with Gasteiger partial charge in [0.15, 0.2) is 0 Å². The average molecular weight is 247 g/mol. The van der Waals surface area contributed by atoms with Gasteiger partial charge in [-0.15, -0.1) is 0 Å². The molecular weight excluding hydrogens is 230 g/mol. The minimum Gasteiger partial charge on any atom is -0.317 e. The molecule has 18 heavy (non-hydrogen) atoms. The molecule has 5 nitrogen and oxygen atoms in total. The summed E-state index contributed by atoms with van der Waals surface area (Å²) in [7, 11) is 0. The first-order valence-corrected chi connectivity index (χ1v) is 6.21. The van der Waals surface area contributed by atoms with Crippen LogP contribution in [0.2, 0.25) is 0 Å². The molecule has 0 saturated carbocycles. The summed E-state index contributed by atoms with van der Waals surface area (Å²) in [5.41, 5.74) is 1.03. The Bertz CT molecular complexity index is 422. The fourth-order valence-electron chi connectivity index (χ4n) is 2.05. The minimum atomic E-state index is -0.393. The van der Waals surface area contributed by atoms with Gasteiger partial charge >= 0.3 is 0 Å². The van der Waals surface area contributed by atoms with E-state index in [-0.39, 0.29) is 5.69 Å². The van der Waals surface area contributed by atoms with E-state index in [1.807, 2.05) is 0 Å². The summed E-state index contributed by atoms with van der Waals surface area (Å²) in [5.74, 6) is 0.667. The van der Waals surface area contributed by atoms with Crippen molar-refractivity contribution in [2.45, 2.75) is 12.8 Å². The number of hydrogen-bond donors (Lipinski definition) is 1. The Balaban J connectivity index is 1.86. The van der Waals surface area contributed by atoms with Gasteiger partial charge in [0, 0.05) is 24.9 Å². The van der Waals surface area contributed by atoms with Gasteiger partial charge in [0.2, 0.25) is 0 Å². The Kier molecular flexibility index (Phi) is 4.41. The molecule has 0 atom stereocenters. The predicted molar refractivity (Wildman–Crippen MR) is 71.2 cm³/mol. The van der Waals surface area contributed by atoms with Crippen LogP contribution in [0.15, 0.2) is 29.3 Å². The highest BCUT2D eigenvalue weighted by atomic mass is 16.6. The smallest absolute Gasteiger partial charge is 0.269 e. The Morgan fingerprint density at radius 1 is 1.33 bits per heavy atom. The summed E-state index contributed by atoms with van der Waals surface area (Å²) < 4.78 is 0. The van der Waals surface area contributed by atoms with E-state index in [1.54, 1.807) is 18.3 Å². The number of nitrogens with zero attached hydrogens (tertiary/aromatic N) is 2. The fraction of sp³-hybridized carbons (Fsp3) is 0.462. The van der Waals surface area contributed by atoms with Crippen molar-refractivity contribution in [2.75, 3.05) is 19.6 Å². The van der Waals surface area contributed by atoms with Crippen molar-refractivity contribution in [3.63, 3.8) is 0 Å². The van der Waals surface area contributed by atoms with E-state index < -0.39 is 4.92 Å². The molecule has 0 bridgehead atoms. The average Bonchev–Trinajstić information content (AvgIpc) is 2.40. The van der Waals surface area contributed by atoms with Crippen molar-refractivity contribution in [3.8, 4) is 0 Å². The maximum atomic E-state index is 10.5. The Labute approximate surface area is 106 Å². The molecule has 0 radical (unpaired) electrons. The highest BCUT2D eigenvalue weighted by molar-refractivity contribution is 5.79. The monoisotopic (exact) mass is 247 g/mol. The van der Waals surface area contributed by atoms with Crippen LogP contribution in [0.25, 0.3) is 0 Å². The van der Waals surface area contributed by atoms with Gasteiger partial charge in [0.05, 0.1) is 4.92 Å². The van der Waals surface area contributed by atoms with E-state index in [1.165, 1.54) is 25.0 Å².